The summed E-state index contributed by atoms with van der Waals surface area (Å²) >= 11 is 0. The van der Waals surface area contributed by atoms with Crippen molar-refractivity contribution in [2.45, 2.75) is 0 Å². The fourth-order valence-corrected chi connectivity index (χ4v) is 0.712. The number of nitrogens with zero attached hydrogens (tertiary/aromatic N) is 5. The number of hydrogen-bond acceptors (Lipinski definition) is 4. The third-order valence-electron chi connectivity index (χ3n) is 1.31. The summed E-state index contributed by atoms with van der Waals surface area (Å²) in [5.41, 5.74) is 7.58. The fourth-order valence-electron chi connectivity index (χ4n) is 0.712. The Labute approximate surface area is 77.0 Å². The average Bonchev–Trinajstić information content (AvgIpc) is 2.18. The van der Waals surface area contributed by atoms with Gasteiger partial charge in [0.25, 0.3) is 11.6 Å². The topological polar surface area (TPSA) is 122 Å². The second-order valence-electron chi connectivity index (χ2n) is 2.15. The van der Waals surface area contributed by atoms with Crippen LogP contribution in [0.4, 0.5) is 5.69 Å². The molecule has 0 fully saturated rings. The predicted molar refractivity (Wildman–Crippen MR) is 44.4 cm³/mol. The van der Waals surface area contributed by atoms with E-state index in [1.807, 2.05) is 0 Å². The van der Waals surface area contributed by atoms with Crippen LogP contribution in [0.1, 0.15) is 10.5 Å². The van der Waals surface area contributed by atoms with Gasteiger partial charge in [0.2, 0.25) is 0 Å². The minimum absolute atomic E-state index is 0.131. The van der Waals surface area contributed by atoms with Crippen LogP contribution < -0.4 is 0 Å². The standard InChI is InChI=1S/C6H3N5O3/c7-10-9-6(12)5-2-1-4(3-8-5)11(13)14/h1-3H. The molecular weight excluding hydrogens is 190 g/mol. The van der Waals surface area contributed by atoms with Crippen molar-refractivity contribution in [3.8, 4) is 0 Å². The van der Waals surface area contributed by atoms with Crippen LogP contribution in [-0.2, 0) is 0 Å². The van der Waals surface area contributed by atoms with Crippen LogP contribution >= 0.6 is 0 Å². The van der Waals surface area contributed by atoms with Crippen LogP contribution in [0.15, 0.2) is 23.4 Å². The van der Waals surface area contributed by atoms with E-state index in [1.54, 1.807) is 0 Å². The van der Waals surface area contributed by atoms with Crippen molar-refractivity contribution in [2.75, 3.05) is 0 Å². The van der Waals surface area contributed by atoms with Gasteiger partial charge in [-0.1, -0.05) is 0 Å². The highest BCUT2D eigenvalue weighted by atomic mass is 16.6. The number of hydrogen-bond donors (Lipinski definition) is 0. The van der Waals surface area contributed by atoms with Gasteiger partial charge in [-0.05, 0) is 16.7 Å². The van der Waals surface area contributed by atoms with Crippen LogP contribution in [0.25, 0.3) is 10.4 Å². The number of nitro groups is 1. The molecule has 0 saturated carbocycles. The van der Waals surface area contributed by atoms with Crippen LogP contribution in [0.5, 0.6) is 0 Å². The van der Waals surface area contributed by atoms with Gasteiger partial charge in [-0.15, -0.1) is 0 Å². The number of pyridine rings is 1. The summed E-state index contributed by atoms with van der Waals surface area (Å²) in [6.45, 7) is 0. The Morgan fingerprint density at radius 3 is 2.79 bits per heavy atom. The molecule has 0 aromatic carbocycles. The molecule has 0 saturated heterocycles. The maximum absolute atomic E-state index is 10.9. The van der Waals surface area contributed by atoms with Crippen molar-refractivity contribution in [1.82, 2.24) is 4.98 Å². The third-order valence-corrected chi connectivity index (χ3v) is 1.31. The van der Waals surface area contributed by atoms with Crippen molar-refractivity contribution in [1.29, 1.82) is 0 Å². The minimum atomic E-state index is -0.873. The van der Waals surface area contributed by atoms with Gasteiger partial charge in [0.05, 0.1) is 4.92 Å². The molecule has 0 aliphatic carbocycles. The number of rotatable bonds is 2. The maximum atomic E-state index is 10.9. The normalized spacial score (nSPS) is 8.86. The molecular formula is C6H3N5O3. The summed E-state index contributed by atoms with van der Waals surface area (Å²) in [6, 6.07) is 2.22. The number of amides is 1. The lowest BCUT2D eigenvalue weighted by Gasteiger charge is -1.92. The van der Waals surface area contributed by atoms with Gasteiger partial charge in [0.1, 0.15) is 11.9 Å². The molecule has 0 bridgehead atoms. The first-order valence-corrected chi connectivity index (χ1v) is 3.35. The zero-order valence-electron chi connectivity index (χ0n) is 6.69. The van der Waals surface area contributed by atoms with Crippen molar-refractivity contribution in [3.63, 3.8) is 0 Å². The molecule has 0 aliphatic rings. The van der Waals surface area contributed by atoms with Crippen molar-refractivity contribution in [3.05, 3.63) is 44.6 Å². The smallest absolute Gasteiger partial charge is 0.285 e. The van der Waals surface area contributed by atoms with Crippen molar-refractivity contribution >= 4 is 11.6 Å². The second kappa shape index (κ2) is 3.97. The summed E-state index contributed by atoms with van der Waals surface area (Å²) in [4.78, 5) is 26.2. The van der Waals surface area contributed by atoms with E-state index in [-0.39, 0.29) is 11.4 Å². The summed E-state index contributed by atoms with van der Waals surface area (Å²) in [5, 5.41) is 13.0. The Balaban J connectivity index is 2.99. The Morgan fingerprint density at radius 2 is 2.36 bits per heavy atom. The van der Waals surface area contributed by atoms with Crippen LogP contribution in [0.2, 0.25) is 0 Å². The quantitative estimate of drug-likeness (QED) is 0.232. The lowest BCUT2D eigenvalue weighted by Crippen LogP contribution is -1.98. The number of carbonyl (C=O) groups excluding carboxylic acids is 1. The molecule has 8 heteroatoms. The molecule has 1 amide bonds. The Morgan fingerprint density at radius 1 is 1.64 bits per heavy atom. The van der Waals surface area contributed by atoms with Crippen molar-refractivity contribution in [2.24, 2.45) is 5.11 Å². The lowest BCUT2D eigenvalue weighted by molar-refractivity contribution is -0.385. The third kappa shape index (κ3) is 2.02. The van der Waals surface area contributed by atoms with Gasteiger partial charge in [-0.3, -0.25) is 14.9 Å². The average molecular weight is 193 g/mol. The summed E-state index contributed by atoms with van der Waals surface area (Å²) < 4.78 is 0. The van der Waals surface area contributed by atoms with Gasteiger partial charge in [0.15, 0.2) is 0 Å². The molecule has 1 heterocycles. The molecule has 1 aromatic rings. The first-order chi connectivity index (χ1) is 6.65. The molecule has 1 rings (SSSR count). The van der Waals surface area contributed by atoms with E-state index in [0.717, 1.165) is 18.3 Å². The predicted octanol–water partition coefficient (Wildman–Crippen LogP) is 1.44. The van der Waals surface area contributed by atoms with Gasteiger partial charge in [-0.25, -0.2) is 4.98 Å². The Hall–Kier alpha value is -2.47. The largest absolute Gasteiger partial charge is 0.287 e. The zero-order chi connectivity index (χ0) is 10.6. The van der Waals surface area contributed by atoms with E-state index >= 15 is 0 Å². The maximum Gasteiger partial charge on any atom is 0.287 e. The monoisotopic (exact) mass is 193 g/mol. The number of aromatic nitrogens is 1. The molecule has 8 nitrogen and oxygen atoms in total. The summed E-state index contributed by atoms with van der Waals surface area (Å²) in [7, 11) is 0. The summed E-state index contributed by atoms with van der Waals surface area (Å²) in [5.74, 6) is -0.873. The summed E-state index contributed by atoms with van der Waals surface area (Å²) in [6.07, 6.45) is 0.917. The molecule has 1 aromatic heterocycles. The Kier molecular flexibility index (Phi) is 2.72. The zero-order valence-corrected chi connectivity index (χ0v) is 6.69. The Bertz CT molecular complexity index is 420. The molecule has 0 N–H and O–H groups in total. The van der Waals surface area contributed by atoms with Gasteiger partial charge >= 0.3 is 0 Å². The number of azide groups is 1. The highest BCUT2D eigenvalue weighted by Gasteiger charge is 2.08. The highest BCUT2D eigenvalue weighted by Crippen LogP contribution is 2.09. The van der Waals surface area contributed by atoms with Gasteiger partial charge in [0, 0.05) is 11.0 Å². The van der Waals surface area contributed by atoms with E-state index in [1.165, 1.54) is 0 Å². The van der Waals surface area contributed by atoms with E-state index < -0.39 is 10.8 Å². The van der Waals surface area contributed by atoms with Gasteiger partial charge < -0.3 is 0 Å². The van der Waals surface area contributed by atoms with Crippen LogP contribution in [0, 0.1) is 10.1 Å². The van der Waals surface area contributed by atoms with Crippen LogP contribution in [0.3, 0.4) is 0 Å². The first kappa shape index (κ1) is 9.62. The molecule has 0 radical (unpaired) electrons. The first-order valence-electron chi connectivity index (χ1n) is 3.35. The minimum Gasteiger partial charge on any atom is -0.285 e. The molecule has 14 heavy (non-hydrogen) atoms. The highest BCUT2D eigenvalue weighted by molar-refractivity contribution is 5.92. The molecule has 0 unspecified atom stereocenters. The molecule has 70 valence electrons. The fraction of sp³-hybridized carbons (Fsp3) is 0. The second-order valence-corrected chi connectivity index (χ2v) is 2.15. The molecule has 0 atom stereocenters. The van der Waals surface area contributed by atoms with E-state index in [0.29, 0.717) is 0 Å². The number of carbonyl (C=O) groups is 1. The van der Waals surface area contributed by atoms with Crippen molar-refractivity contribution < 1.29 is 9.72 Å². The molecule has 0 aliphatic heterocycles. The van der Waals surface area contributed by atoms with E-state index in [9.17, 15) is 14.9 Å². The van der Waals surface area contributed by atoms with Crippen LogP contribution in [-0.4, -0.2) is 15.8 Å². The van der Waals surface area contributed by atoms with Gasteiger partial charge in [-0.2, -0.15) is 0 Å². The van der Waals surface area contributed by atoms with E-state index in [2.05, 4.69) is 15.0 Å². The lowest BCUT2D eigenvalue weighted by atomic mass is 10.3. The SMILES string of the molecule is [N-]=[N+]=NC(=O)c1ccc([N+](=O)[O-])cn1. The van der Waals surface area contributed by atoms with E-state index in [4.69, 9.17) is 5.53 Å². The molecule has 0 spiro atoms.